The molecular formula is C18H20F3N3O. The molecule has 1 saturated heterocycles. The zero-order chi connectivity index (χ0) is 17.9. The number of halogens is 3. The number of piperidine rings is 1. The summed E-state index contributed by atoms with van der Waals surface area (Å²) in [5, 5.41) is 3.12. The Hall–Kier alpha value is -2.44. The summed E-state index contributed by atoms with van der Waals surface area (Å²) in [6.45, 7) is 1.61. The maximum absolute atomic E-state index is 12.7. The van der Waals surface area contributed by atoms with Crippen LogP contribution in [0.1, 0.15) is 18.5 Å². The third-order valence-corrected chi connectivity index (χ3v) is 4.31. The van der Waals surface area contributed by atoms with E-state index in [0.29, 0.717) is 0 Å². The van der Waals surface area contributed by atoms with Gasteiger partial charge in [0.1, 0.15) is 17.3 Å². The zero-order valence-corrected chi connectivity index (χ0v) is 13.9. The molecule has 1 aromatic heterocycles. The largest absolute Gasteiger partial charge is 0.495 e. The number of alkyl halides is 3. The molecule has 3 rings (SSSR count). The molecule has 134 valence electrons. The standard InChI is InChI=1S/C18H20F3N3O/c1-25-15-6-3-2-5-14(15)24-11-9-13(10-12-24)22-17-8-4-7-16(23-17)18(19,20)21/h2-8,13H,9-12H2,1H3,(H,22,23). The number of rotatable bonds is 4. The van der Waals surface area contributed by atoms with Crippen molar-refractivity contribution < 1.29 is 17.9 Å². The molecule has 0 unspecified atom stereocenters. The molecule has 0 spiro atoms. The topological polar surface area (TPSA) is 37.4 Å². The van der Waals surface area contributed by atoms with Gasteiger partial charge in [-0.05, 0) is 37.1 Å². The quantitative estimate of drug-likeness (QED) is 0.896. The third-order valence-electron chi connectivity index (χ3n) is 4.31. The molecule has 0 amide bonds. The van der Waals surface area contributed by atoms with Crippen molar-refractivity contribution in [2.75, 3.05) is 30.4 Å². The normalized spacial score (nSPS) is 15.9. The molecular weight excluding hydrogens is 331 g/mol. The molecule has 2 heterocycles. The predicted octanol–water partition coefficient (Wildman–Crippen LogP) is 4.19. The Morgan fingerprint density at radius 2 is 1.80 bits per heavy atom. The number of benzene rings is 1. The first-order valence-corrected chi connectivity index (χ1v) is 8.16. The van der Waals surface area contributed by atoms with Crippen molar-refractivity contribution in [3.63, 3.8) is 0 Å². The number of methoxy groups -OCH3 is 1. The molecule has 0 radical (unpaired) electrons. The lowest BCUT2D eigenvalue weighted by Gasteiger charge is -2.34. The maximum atomic E-state index is 12.7. The Bertz CT molecular complexity index is 713. The SMILES string of the molecule is COc1ccccc1N1CCC(Nc2cccc(C(F)(F)F)n2)CC1. The first-order valence-electron chi connectivity index (χ1n) is 8.16. The van der Waals surface area contributed by atoms with Crippen LogP contribution in [-0.4, -0.2) is 31.2 Å². The van der Waals surface area contributed by atoms with Crippen molar-refractivity contribution in [1.29, 1.82) is 0 Å². The van der Waals surface area contributed by atoms with Crippen molar-refractivity contribution in [2.45, 2.75) is 25.1 Å². The Morgan fingerprint density at radius 1 is 1.08 bits per heavy atom. The number of hydrogen-bond acceptors (Lipinski definition) is 4. The first kappa shape index (κ1) is 17.4. The Labute approximate surface area is 144 Å². The molecule has 0 saturated carbocycles. The fourth-order valence-corrected chi connectivity index (χ4v) is 3.04. The summed E-state index contributed by atoms with van der Waals surface area (Å²) in [5.74, 6) is 1.10. The zero-order valence-electron chi connectivity index (χ0n) is 13.9. The van der Waals surface area contributed by atoms with Crippen LogP contribution in [0.5, 0.6) is 5.75 Å². The number of nitrogens with one attached hydrogen (secondary N) is 1. The van der Waals surface area contributed by atoms with E-state index in [0.717, 1.165) is 43.4 Å². The van der Waals surface area contributed by atoms with Crippen molar-refractivity contribution in [3.05, 3.63) is 48.2 Å². The molecule has 0 atom stereocenters. The van der Waals surface area contributed by atoms with Gasteiger partial charge in [-0.15, -0.1) is 0 Å². The summed E-state index contributed by atoms with van der Waals surface area (Å²) in [7, 11) is 1.65. The molecule has 4 nitrogen and oxygen atoms in total. The van der Waals surface area contributed by atoms with E-state index in [4.69, 9.17) is 4.74 Å². The van der Waals surface area contributed by atoms with E-state index in [-0.39, 0.29) is 11.9 Å². The number of nitrogens with zero attached hydrogens (tertiary/aromatic N) is 2. The summed E-state index contributed by atoms with van der Waals surface area (Å²) < 4.78 is 43.6. The fraction of sp³-hybridized carbons (Fsp3) is 0.389. The van der Waals surface area contributed by atoms with Crippen LogP contribution >= 0.6 is 0 Å². The van der Waals surface area contributed by atoms with Crippen LogP contribution in [0.15, 0.2) is 42.5 Å². The molecule has 0 aliphatic carbocycles. The van der Waals surface area contributed by atoms with Gasteiger partial charge < -0.3 is 15.0 Å². The van der Waals surface area contributed by atoms with Gasteiger partial charge in [0.2, 0.25) is 0 Å². The fourth-order valence-electron chi connectivity index (χ4n) is 3.04. The average molecular weight is 351 g/mol. The van der Waals surface area contributed by atoms with E-state index in [1.165, 1.54) is 6.07 Å². The smallest absolute Gasteiger partial charge is 0.433 e. The lowest BCUT2D eigenvalue weighted by molar-refractivity contribution is -0.141. The average Bonchev–Trinajstić information content (AvgIpc) is 2.62. The van der Waals surface area contributed by atoms with Crippen molar-refractivity contribution in [1.82, 2.24) is 4.98 Å². The van der Waals surface area contributed by atoms with Crippen LogP contribution in [0.4, 0.5) is 24.7 Å². The van der Waals surface area contributed by atoms with Crippen LogP contribution in [0.3, 0.4) is 0 Å². The van der Waals surface area contributed by atoms with Gasteiger partial charge in [-0.1, -0.05) is 18.2 Å². The van der Waals surface area contributed by atoms with Gasteiger partial charge in [0.15, 0.2) is 0 Å². The first-order chi connectivity index (χ1) is 12.0. The molecule has 1 fully saturated rings. The highest BCUT2D eigenvalue weighted by Crippen LogP contribution is 2.31. The van der Waals surface area contributed by atoms with Crippen LogP contribution < -0.4 is 15.0 Å². The number of aromatic nitrogens is 1. The minimum atomic E-state index is -4.43. The second-order valence-corrected chi connectivity index (χ2v) is 5.98. The Balaban J connectivity index is 1.62. The van der Waals surface area contributed by atoms with Crippen molar-refractivity contribution in [2.24, 2.45) is 0 Å². The Kier molecular flexibility index (Phi) is 5.01. The second-order valence-electron chi connectivity index (χ2n) is 5.98. The van der Waals surface area contributed by atoms with Crippen LogP contribution in [0.2, 0.25) is 0 Å². The minimum Gasteiger partial charge on any atom is -0.495 e. The molecule has 1 aliphatic rings. The van der Waals surface area contributed by atoms with Crippen molar-refractivity contribution in [3.8, 4) is 5.75 Å². The van der Waals surface area contributed by atoms with E-state index < -0.39 is 11.9 Å². The predicted molar refractivity (Wildman–Crippen MR) is 91.1 cm³/mol. The molecule has 25 heavy (non-hydrogen) atoms. The monoisotopic (exact) mass is 351 g/mol. The van der Waals surface area contributed by atoms with E-state index >= 15 is 0 Å². The van der Waals surface area contributed by atoms with Gasteiger partial charge in [0.25, 0.3) is 0 Å². The summed E-state index contributed by atoms with van der Waals surface area (Å²) in [4.78, 5) is 5.91. The molecule has 1 aromatic carbocycles. The number of pyridine rings is 1. The molecule has 2 aromatic rings. The summed E-state index contributed by atoms with van der Waals surface area (Å²) >= 11 is 0. The van der Waals surface area contributed by atoms with Gasteiger partial charge in [-0.25, -0.2) is 4.98 Å². The van der Waals surface area contributed by atoms with Crippen LogP contribution in [0.25, 0.3) is 0 Å². The maximum Gasteiger partial charge on any atom is 0.433 e. The number of ether oxygens (including phenoxy) is 1. The number of anilines is 2. The van der Waals surface area contributed by atoms with E-state index in [1.807, 2.05) is 24.3 Å². The highest BCUT2D eigenvalue weighted by Gasteiger charge is 2.32. The molecule has 1 N–H and O–H groups in total. The number of para-hydroxylation sites is 2. The van der Waals surface area contributed by atoms with Crippen LogP contribution in [0, 0.1) is 0 Å². The van der Waals surface area contributed by atoms with E-state index in [1.54, 1.807) is 13.2 Å². The summed E-state index contributed by atoms with van der Waals surface area (Å²) in [5.41, 5.74) is 0.171. The second kappa shape index (κ2) is 7.21. The highest BCUT2D eigenvalue weighted by atomic mass is 19.4. The van der Waals surface area contributed by atoms with Gasteiger partial charge in [-0.2, -0.15) is 13.2 Å². The number of hydrogen-bond donors (Lipinski definition) is 1. The third kappa shape index (κ3) is 4.15. The molecule has 0 bridgehead atoms. The van der Waals surface area contributed by atoms with Crippen LogP contribution in [-0.2, 0) is 6.18 Å². The summed E-state index contributed by atoms with van der Waals surface area (Å²) in [6, 6.07) is 11.9. The minimum absolute atomic E-state index is 0.0990. The summed E-state index contributed by atoms with van der Waals surface area (Å²) in [6.07, 6.45) is -2.79. The highest BCUT2D eigenvalue weighted by molar-refractivity contribution is 5.58. The van der Waals surface area contributed by atoms with Crippen molar-refractivity contribution >= 4 is 11.5 Å². The van der Waals surface area contributed by atoms with E-state index in [2.05, 4.69) is 15.2 Å². The lowest BCUT2D eigenvalue weighted by Crippen LogP contribution is -2.39. The molecule has 1 aliphatic heterocycles. The van der Waals surface area contributed by atoms with Gasteiger partial charge in [-0.3, -0.25) is 0 Å². The van der Waals surface area contributed by atoms with Gasteiger partial charge in [0.05, 0.1) is 12.8 Å². The van der Waals surface area contributed by atoms with E-state index in [9.17, 15) is 13.2 Å². The van der Waals surface area contributed by atoms with Gasteiger partial charge >= 0.3 is 6.18 Å². The lowest BCUT2D eigenvalue weighted by atomic mass is 10.0. The Morgan fingerprint density at radius 3 is 2.48 bits per heavy atom. The van der Waals surface area contributed by atoms with Gasteiger partial charge in [0, 0.05) is 19.1 Å². The molecule has 7 heteroatoms.